The Morgan fingerprint density at radius 2 is 1.77 bits per heavy atom. The third-order valence-electron chi connectivity index (χ3n) is 4.12. The fourth-order valence-corrected chi connectivity index (χ4v) is 2.30. The minimum atomic E-state index is -0.197. The number of anilines is 2. The lowest BCUT2D eigenvalue weighted by atomic mass is 10.2. The van der Waals surface area contributed by atoms with Crippen molar-refractivity contribution in [3.05, 3.63) is 24.3 Å². The summed E-state index contributed by atoms with van der Waals surface area (Å²) >= 11 is 0. The topological polar surface area (TPSA) is 61.4 Å². The molecule has 0 saturated heterocycles. The molecular weight excluding hydrogens is 278 g/mol. The number of nitrogens with zero attached hydrogens (tertiary/aromatic N) is 1. The molecule has 5 heteroatoms. The smallest absolute Gasteiger partial charge is 0.228 e. The summed E-state index contributed by atoms with van der Waals surface area (Å²) in [6.45, 7) is 4.00. The van der Waals surface area contributed by atoms with E-state index in [0.29, 0.717) is 6.42 Å². The molecule has 0 radical (unpaired) electrons. The minimum Gasteiger partial charge on any atom is -0.378 e. The predicted molar refractivity (Wildman–Crippen MR) is 88.9 cm³/mol. The maximum atomic E-state index is 12.2. The van der Waals surface area contributed by atoms with Crippen LogP contribution in [0.5, 0.6) is 0 Å². The van der Waals surface area contributed by atoms with E-state index in [1.54, 1.807) is 0 Å². The third kappa shape index (κ3) is 4.00. The van der Waals surface area contributed by atoms with Crippen LogP contribution in [0.15, 0.2) is 24.3 Å². The quantitative estimate of drug-likeness (QED) is 0.847. The van der Waals surface area contributed by atoms with E-state index in [2.05, 4.69) is 10.6 Å². The Morgan fingerprint density at radius 1 is 1.18 bits per heavy atom. The average molecular weight is 303 g/mol. The van der Waals surface area contributed by atoms with Crippen LogP contribution in [0.1, 0.15) is 26.7 Å². The molecule has 1 saturated carbocycles. The summed E-state index contributed by atoms with van der Waals surface area (Å²) in [5.41, 5.74) is 1.85. The number of rotatable bonds is 6. The van der Waals surface area contributed by atoms with Gasteiger partial charge < -0.3 is 15.5 Å². The Morgan fingerprint density at radius 3 is 2.32 bits per heavy atom. The van der Waals surface area contributed by atoms with Crippen molar-refractivity contribution in [2.45, 2.75) is 32.7 Å². The van der Waals surface area contributed by atoms with E-state index < -0.39 is 0 Å². The largest absolute Gasteiger partial charge is 0.378 e. The first-order valence-corrected chi connectivity index (χ1v) is 7.81. The van der Waals surface area contributed by atoms with Gasteiger partial charge in [-0.15, -0.1) is 0 Å². The van der Waals surface area contributed by atoms with Gasteiger partial charge in [0.15, 0.2) is 0 Å². The molecule has 2 amide bonds. The van der Waals surface area contributed by atoms with Gasteiger partial charge in [-0.25, -0.2) is 0 Å². The van der Waals surface area contributed by atoms with Gasteiger partial charge in [-0.3, -0.25) is 9.59 Å². The first kappa shape index (κ1) is 16.3. The van der Waals surface area contributed by atoms with Crippen molar-refractivity contribution in [2.24, 2.45) is 11.8 Å². The van der Waals surface area contributed by atoms with Gasteiger partial charge >= 0.3 is 0 Å². The molecule has 0 spiro atoms. The fraction of sp³-hybridized carbons (Fsp3) is 0.529. The minimum absolute atomic E-state index is 0.00236. The van der Waals surface area contributed by atoms with Crippen molar-refractivity contribution < 1.29 is 9.59 Å². The van der Waals surface area contributed by atoms with E-state index in [1.165, 1.54) is 0 Å². The summed E-state index contributed by atoms with van der Waals surface area (Å²) in [4.78, 5) is 26.1. The standard InChI is InChI=1S/C17H25N3O2/c1-5-11(2)18-16(21)14-10-15(14)17(22)19-12-6-8-13(9-7-12)20(3)4/h6-9,11,14-15H,5,10H2,1-4H3,(H,18,21)(H,19,22). The van der Waals surface area contributed by atoms with Gasteiger partial charge in [0.05, 0.1) is 11.8 Å². The number of amides is 2. The van der Waals surface area contributed by atoms with Crippen LogP contribution in [0.2, 0.25) is 0 Å². The second-order valence-corrected chi connectivity index (χ2v) is 6.20. The Labute approximate surface area is 132 Å². The van der Waals surface area contributed by atoms with E-state index in [9.17, 15) is 9.59 Å². The second kappa shape index (κ2) is 6.81. The Hall–Kier alpha value is -2.04. The van der Waals surface area contributed by atoms with Crippen LogP contribution in [-0.2, 0) is 9.59 Å². The van der Waals surface area contributed by atoms with Crippen molar-refractivity contribution in [1.29, 1.82) is 0 Å². The number of hydrogen-bond donors (Lipinski definition) is 2. The van der Waals surface area contributed by atoms with Gasteiger partial charge in [0, 0.05) is 31.5 Å². The van der Waals surface area contributed by atoms with Crippen LogP contribution in [0.25, 0.3) is 0 Å². The molecule has 0 aromatic heterocycles. The molecule has 0 aliphatic heterocycles. The lowest BCUT2D eigenvalue weighted by molar-refractivity contribution is -0.125. The van der Waals surface area contributed by atoms with E-state index in [0.717, 1.165) is 17.8 Å². The zero-order chi connectivity index (χ0) is 16.3. The summed E-state index contributed by atoms with van der Waals surface area (Å²) in [6.07, 6.45) is 1.54. The van der Waals surface area contributed by atoms with Crippen LogP contribution in [0.4, 0.5) is 11.4 Å². The number of hydrogen-bond acceptors (Lipinski definition) is 3. The van der Waals surface area contributed by atoms with Gasteiger partial charge in [0.2, 0.25) is 11.8 Å². The van der Waals surface area contributed by atoms with Gasteiger partial charge in [0.25, 0.3) is 0 Å². The molecule has 1 aliphatic carbocycles. The SMILES string of the molecule is CCC(C)NC(=O)C1CC1C(=O)Nc1ccc(N(C)C)cc1. The van der Waals surface area contributed by atoms with Crippen molar-refractivity contribution in [3.8, 4) is 0 Å². The summed E-state index contributed by atoms with van der Waals surface area (Å²) < 4.78 is 0. The molecule has 0 bridgehead atoms. The normalized spacial score (nSPS) is 20.9. The lowest BCUT2D eigenvalue weighted by Gasteiger charge is -2.13. The zero-order valence-electron chi connectivity index (χ0n) is 13.7. The second-order valence-electron chi connectivity index (χ2n) is 6.20. The highest BCUT2D eigenvalue weighted by atomic mass is 16.2. The molecule has 1 aromatic rings. The summed E-state index contributed by atoms with van der Waals surface area (Å²) in [5, 5.41) is 5.82. The van der Waals surface area contributed by atoms with Gasteiger partial charge in [-0.2, -0.15) is 0 Å². The lowest BCUT2D eigenvalue weighted by Crippen LogP contribution is -2.34. The first-order chi connectivity index (χ1) is 10.4. The van der Waals surface area contributed by atoms with Crippen molar-refractivity contribution >= 4 is 23.2 Å². The average Bonchev–Trinajstić information content (AvgIpc) is 3.28. The molecule has 0 heterocycles. The molecular formula is C17H25N3O2. The molecule has 120 valence electrons. The third-order valence-corrected chi connectivity index (χ3v) is 4.12. The van der Waals surface area contributed by atoms with Crippen LogP contribution >= 0.6 is 0 Å². The maximum Gasteiger partial charge on any atom is 0.228 e. The molecule has 22 heavy (non-hydrogen) atoms. The Kier molecular flexibility index (Phi) is 5.06. The Bertz CT molecular complexity index is 539. The maximum absolute atomic E-state index is 12.2. The molecule has 2 rings (SSSR count). The number of carbonyl (C=O) groups is 2. The van der Waals surface area contributed by atoms with Gasteiger partial charge in [-0.05, 0) is 44.0 Å². The molecule has 1 fully saturated rings. The highest BCUT2D eigenvalue weighted by molar-refractivity contribution is 5.99. The number of nitrogens with one attached hydrogen (secondary N) is 2. The molecule has 3 unspecified atom stereocenters. The summed E-state index contributed by atoms with van der Waals surface area (Å²) in [5.74, 6) is -0.438. The van der Waals surface area contributed by atoms with Crippen LogP contribution < -0.4 is 15.5 Å². The van der Waals surface area contributed by atoms with Crippen LogP contribution in [-0.4, -0.2) is 32.0 Å². The fourth-order valence-electron chi connectivity index (χ4n) is 2.30. The van der Waals surface area contributed by atoms with E-state index >= 15 is 0 Å². The number of carbonyl (C=O) groups excluding carboxylic acids is 2. The van der Waals surface area contributed by atoms with Crippen molar-refractivity contribution in [3.63, 3.8) is 0 Å². The van der Waals surface area contributed by atoms with E-state index in [-0.39, 0.29) is 29.7 Å². The van der Waals surface area contributed by atoms with Crippen LogP contribution in [0.3, 0.4) is 0 Å². The van der Waals surface area contributed by atoms with Crippen molar-refractivity contribution in [1.82, 2.24) is 5.32 Å². The highest BCUT2D eigenvalue weighted by Crippen LogP contribution is 2.39. The summed E-state index contributed by atoms with van der Waals surface area (Å²) in [6, 6.07) is 7.83. The molecule has 1 aliphatic rings. The Balaban J connectivity index is 1.85. The number of benzene rings is 1. The van der Waals surface area contributed by atoms with Crippen molar-refractivity contribution in [2.75, 3.05) is 24.3 Å². The monoisotopic (exact) mass is 303 g/mol. The zero-order valence-corrected chi connectivity index (χ0v) is 13.7. The van der Waals surface area contributed by atoms with E-state index in [1.807, 2.05) is 57.1 Å². The molecule has 1 aromatic carbocycles. The van der Waals surface area contributed by atoms with E-state index in [4.69, 9.17) is 0 Å². The van der Waals surface area contributed by atoms with Gasteiger partial charge in [0.1, 0.15) is 0 Å². The predicted octanol–water partition coefficient (Wildman–Crippen LogP) is 2.24. The van der Waals surface area contributed by atoms with Crippen LogP contribution in [0, 0.1) is 11.8 Å². The first-order valence-electron chi connectivity index (χ1n) is 7.81. The molecule has 2 N–H and O–H groups in total. The molecule has 5 nitrogen and oxygen atoms in total. The van der Waals surface area contributed by atoms with Gasteiger partial charge in [-0.1, -0.05) is 6.92 Å². The summed E-state index contributed by atoms with van der Waals surface area (Å²) in [7, 11) is 3.94. The molecule has 3 atom stereocenters. The highest BCUT2D eigenvalue weighted by Gasteiger charge is 2.48.